The first kappa shape index (κ1) is 18.2. The van der Waals surface area contributed by atoms with Crippen LogP contribution >= 0.6 is 0 Å². The second kappa shape index (κ2) is 7.19. The molecular formula is C16H19F3N2O3. The van der Waals surface area contributed by atoms with E-state index in [0.29, 0.717) is 31.2 Å². The number of alkyl halides is 3. The van der Waals surface area contributed by atoms with E-state index in [1.54, 1.807) is 0 Å². The normalized spacial score (nSPS) is 17.3. The molecule has 0 heterocycles. The zero-order valence-electron chi connectivity index (χ0n) is 13.1. The maximum atomic E-state index is 13.4. The maximum Gasteiger partial charge on any atom is 0.403 e. The number of hydrogen-bond acceptors (Lipinski definition) is 3. The molecule has 132 valence electrons. The van der Waals surface area contributed by atoms with Crippen molar-refractivity contribution < 1.29 is 22.9 Å². The predicted octanol–water partition coefficient (Wildman–Crippen LogP) is 3.77. The van der Waals surface area contributed by atoms with Gasteiger partial charge in [0, 0.05) is 18.7 Å². The van der Waals surface area contributed by atoms with E-state index >= 15 is 0 Å². The number of nitro groups is 1. The highest BCUT2D eigenvalue weighted by molar-refractivity contribution is 5.83. The van der Waals surface area contributed by atoms with Gasteiger partial charge in [-0.2, -0.15) is 13.2 Å². The van der Waals surface area contributed by atoms with Crippen molar-refractivity contribution >= 4 is 11.6 Å². The molecule has 0 aliphatic heterocycles. The van der Waals surface area contributed by atoms with Gasteiger partial charge < -0.3 is 5.32 Å². The quantitative estimate of drug-likeness (QED) is 0.653. The first-order valence-electron chi connectivity index (χ1n) is 7.85. The molecule has 8 heteroatoms. The lowest BCUT2D eigenvalue weighted by molar-refractivity contribution is -0.384. The molecule has 5 nitrogen and oxygen atoms in total. The summed E-state index contributed by atoms with van der Waals surface area (Å²) in [5.41, 5.74) is -1.62. The molecule has 1 aliphatic carbocycles. The van der Waals surface area contributed by atoms with Gasteiger partial charge in [-0.05, 0) is 24.8 Å². The monoisotopic (exact) mass is 344 g/mol. The number of nitrogens with one attached hydrogen (secondary N) is 1. The van der Waals surface area contributed by atoms with Gasteiger partial charge in [-0.15, -0.1) is 0 Å². The van der Waals surface area contributed by atoms with Gasteiger partial charge in [0.15, 0.2) is 0 Å². The Morgan fingerprint density at radius 3 is 2.25 bits per heavy atom. The summed E-state index contributed by atoms with van der Waals surface area (Å²) in [5.74, 6) is -0.961. The number of benzene rings is 1. The number of halogens is 3. The summed E-state index contributed by atoms with van der Waals surface area (Å²) in [6.07, 6.45) is -3.05. The summed E-state index contributed by atoms with van der Waals surface area (Å²) in [6, 6.07) is 5.72. The molecule has 0 spiro atoms. The van der Waals surface area contributed by atoms with Gasteiger partial charge in [0.25, 0.3) is 5.69 Å². The van der Waals surface area contributed by atoms with Crippen LogP contribution in [-0.4, -0.2) is 23.6 Å². The molecule has 1 aromatic carbocycles. The number of nitro benzene ring substituents is 1. The molecule has 1 aromatic rings. The van der Waals surface area contributed by atoms with Crippen molar-refractivity contribution in [1.82, 2.24) is 5.32 Å². The van der Waals surface area contributed by atoms with Gasteiger partial charge in [0.2, 0.25) is 5.91 Å². The van der Waals surface area contributed by atoms with Crippen LogP contribution in [-0.2, 0) is 11.2 Å². The standard InChI is InChI=1S/C16H19F3N2O3/c17-16(18,19)15(9-2-1-3-10-15)14(22)20-11-8-12-4-6-13(7-5-12)21(23)24/h4-7H,1-3,8-11H2,(H,20,22). The van der Waals surface area contributed by atoms with Crippen LogP contribution in [0.25, 0.3) is 0 Å². The summed E-state index contributed by atoms with van der Waals surface area (Å²) in [7, 11) is 0. The molecule has 2 rings (SSSR count). The van der Waals surface area contributed by atoms with Crippen LogP contribution in [0.15, 0.2) is 24.3 Å². The van der Waals surface area contributed by atoms with Crippen LogP contribution < -0.4 is 5.32 Å². The van der Waals surface area contributed by atoms with Gasteiger partial charge in [-0.25, -0.2) is 0 Å². The van der Waals surface area contributed by atoms with Crippen molar-refractivity contribution in [3.63, 3.8) is 0 Å². The van der Waals surface area contributed by atoms with E-state index in [-0.39, 0.29) is 25.1 Å². The van der Waals surface area contributed by atoms with E-state index in [0.717, 1.165) is 0 Å². The van der Waals surface area contributed by atoms with E-state index in [1.165, 1.54) is 24.3 Å². The molecule has 0 radical (unpaired) electrons. The molecule has 0 aromatic heterocycles. The number of nitrogens with zero attached hydrogens (tertiary/aromatic N) is 1. The largest absolute Gasteiger partial charge is 0.403 e. The number of non-ortho nitro benzene ring substituents is 1. The van der Waals surface area contributed by atoms with E-state index in [4.69, 9.17) is 0 Å². The third kappa shape index (κ3) is 3.85. The van der Waals surface area contributed by atoms with Gasteiger partial charge in [0.05, 0.1) is 4.92 Å². The van der Waals surface area contributed by atoms with Crippen LogP contribution in [0.5, 0.6) is 0 Å². The Balaban J connectivity index is 1.95. The molecule has 0 atom stereocenters. The minimum atomic E-state index is -4.55. The van der Waals surface area contributed by atoms with Gasteiger partial charge >= 0.3 is 6.18 Å². The predicted molar refractivity (Wildman–Crippen MR) is 81.4 cm³/mol. The molecule has 1 saturated carbocycles. The van der Waals surface area contributed by atoms with Crippen LogP contribution in [0.2, 0.25) is 0 Å². The average Bonchev–Trinajstić information content (AvgIpc) is 2.55. The number of amides is 1. The lowest BCUT2D eigenvalue weighted by atomic mass is 9.72. The Morgan fingerprint density at radius 1 is 1.17 bits per heavy atom. The second-order valence-electron chi connectivity index (χ2n) is 6.07. The summed E-state index contributed by atoms with van der Waals surface area (Å²) >= 11 is 0. The summed E-state index contributed by atoms with van der Waals surface area (Å²) in [6.45, 7) is 0.0640. The second-order valence-corrected chi connectivity index (χ2v) is 6.07. The molecule has 0 saturated heterocycles. The van der Waals surface area contributed by atoms with Crippen molar-refractivity contribution in [2.24, 2.45) is 5.41 Å². The van der Waals surface area contributed by atoms with Crippen molar-refractivity contribution in [1.29, 1.82) is 0 Å². The van der Waals surface area contributed by atoms with Crippen LogP contribution in [0.4, 0.5) is 18.9 Å². The van der Waals surface area contributed by atoms with Gasteiger partial charge in [-0.1, -0.05) is 31.4 Å². The van der Waals surface area contributed by atoms with Crippen LogP contribution in [0, 0.1) is 15.5 Å². The van der Waals surface area contributed by atoms with Crippen molar-refractivity contribution in [3.05, 3.63) is 39.9 Å². The molecule has 1 aliphatic rings. The van der Waals surface area contributed by atoms with Crippen LogP contribution in [0.3, 0.4) is 0 Å². The Labute approximate surface area is 137 Å². The molecule has 0 unspecified atom stereocenters. The fourth-order valence-corrected chi connectivity index (χ4v) is 3.07. The third-order valence-electron chi connectivity index (χ3n) is 4.53. The first-order chi connectivity index (χ1) is 11.3. The van der Waals surface area contributed by atoms with E-state index in [2.05, 4.69) is 5.32 Å². The Bertz CT molecular complexity index is 594. The molecule has 1 fully saturated rings. The van der Waals surface area contributed by atoms with E-state index < -0.39 is 22.4 Å². The fourth-order valence-electron chi connectivity index (χ4n) is 3.07. The topological polar surface area (TPSA) is 72.2 Å². The maximum absolute atomic E-state index is 13.4. The number of carbonyl (C=O) groups is 1. The molecule has 0 bridgehead atoms. The molecular weight excluding hydrogens is 325 g/mol. The van der Waals surface area contributed by atoms with Gasteiger partial charge in [0.1, 0.15) is 5.41 Å². The van der Waals surface area contributed by atoms with Crippen molar-refractivity contribution in [3.8, 4) is 0 Å². The van der Waals surface area contributed by atoms with Gasteiger partial charge in [-0.3, -0.25) is 14.9 Å². The highest BCUT2D eigenvalue weighted by Crippen LogP contribution is 2.49. The highest BCUT2D eigenvalue weighted by Gasteiger charge is 2.59. The SMILES string of the molecule is O=C(NCCc1ccc([N+](=O)[O-])cc1)C1(C(F)(F)F)CCCCC1. The molecule has 24 heavy (non-hydrogen) atoms. The zero-order chi connectivity index (χ0) is 17.8. The zero-order valence-corrected chi connectivity index (χ0v) is 13.1. The van der Waals surface area contributed by atoms with Crippen molar-refractivity contribution in [2.45, 2.75) is 44.7 Å². The number of rotatable bonds is 5. The first-order valence-corrected chi connectivity index (χ1v) is 7.85. The smallest absolute Gasteiger partial charge is 0.355 e. The Hall–Kier alpha value is -2.12. The average molecular weight is 344 g/mol. The summed E-state index contributed by atoms with van der Waals surface area (Å²) in [5, 5.41) is 13.0. The highest BCUT2D eigenvalue weighted by atomic mass is 19.4. The van der Waals surface area contributed by atoms with Crippen molar-refractivity contribution in [2.75, 3.05) is 6.54 Å². The minimum absolute atomic E-state index is 0.0546. The lowest BCUT2D eigenvalue weighted by Gasteiger charge is -2.37. The number of hydrogen-bond donors (Lipinski definition) is 1. The van der Waals surface area contributed by atoms with Crippen LogP contribution in [0.1, 0.15) is 37.7 Å². The summed E-state index contributed by atoms with van der Waals surface area (Å²) < 4.78 is 40.2. The fraction of sp³-hybridized carbons (Fsp3) is 0.562. The minimum Gasteiger partial charge on any atom is -0.355 e. The Morgan fingerprint density at radius 2 is 1.75 bits per heavy atom. The third-order valence-corrected chi connectivity index (χ3v) is 4.53. The molecule has 1 amide bonds. The number of carbonyl (C=O) groups excluding carboxylic acids is 1. The molecule has 1 N–H and O–H groups in total. The lowest BCUT2D eigenvalue weighted by Crippen LogP contribution is -2.52. The van der Waals surface area contributed by atoms with E-state index in [1.807, 2.05) is 0 Å². The summed E-state index contributed by atoms with van der Waals surface area (Å²) in [4.78, 5) is 22.2. The Kier molecular flexibility index (Phi) is 5.46. The van der Waals surface area contributed by atoms with E-state index in [9.17, 15) is 28.1 Å².